The molecule has 2 unspecified atom stereocenters. The number of benzene rings is 6. The minimum atomic E-state index is -0.0504. The summed E-state index contributed by atoms with van der Waals surface area (Å²) >= 11 is 0. The predicted octanol–water partition coefficient (Wildman–Crippen LogP) is 10.5. The third kappa shape index (κ3) is 4.45. The van der Waals surface area contributed by atoms with E-state index in [1.165, 1.54) is 0 Å². The van der Waals surface area contributed by atoms with Crippen LogP contribution in [0.4, 0.5) is 11.4 Å². The number of aromatic nitrogens is 1. The molecule has 0 N–H and O–H groups in total. The molecule has 0 bridgehead atoms. The molecule has 1 aliphatic heterocycles. The molecule has 0 saturated heterocycles. The molecule has 5 heteroatoms. The van der Waals surface area contributed by atoms with E-state index in [0.717, 1.165) is 66.7 Å². The minimum absolute atomic E-state index is 0.0139. The van der Waals surface area contributed by atoms with Gasteiger partial charge in [0.1, 0.15) is 6.07 Å². The number of rotatable bonds is 4. The van der Waals surface area contributed by atoms with Crippen molar-refractivity contribution in [1.29, 1.82) is 15.8 Å². The number of fused-ring (bicyclic) bond motifs is 6. The van der Waals surface area contributed by atoms with Crippen LogP contribution in [0.5, 0.6) is 0 Å². The van der Waals surface area contributed by atoms with E-state index >= 15 is 0 Å². The molecule has 50 heavy (non-hydrogen) atoms. The molecule has 1 aliphatic carbocycles. The molecule has 6 aromatic carbocycles. The second-order valence-corrected chi connectivity index (χ2v) is 12.7. The van der Waals surface area contributed by atoms with Crippen molar-refractivity contribution >= 4 is 33.2 Å². The summed E-state index contributed by atoms with van der Waals surface area (Å²) in [6.07, 6.45) is 6.00. The van der Waals surface area contributed by atoms with Crippen LogP contribution < -0.4 is 4.90 Å². The van der Waals surface area contributed by atoms with Gasteiger partial charge in [0.25, 0.3) is 0 Å². The van der Waals surface area contributed by atoms with Crippen LogP contribution in [-0.2, 0) is 0 Å². The fraction of sp³-hybridized carbons (Fsp3) is 0.0444. The van der Waals surface area contributed by atoms with Gasteiger partial charge in [0.2, 0.25) is 0 Å². The lowest BCUT2D eigenvalue weighted by molar-refractivity contribution is 0.741. The van der Waals surface area contributed by atoms with Crippen LogP contribution in [0.25, 0.3) is 49.7 Å². The fourth-order valence-electron chi connectivity index (χ4n) is 7.79. The Bertz CT molecular complexity index is 2670. The first-order chi connectivity index (χ1) is 24.7. The first kappa shape index (κ1) is 29.0. The smallest absolute Gasteiger partial charge is 0.101 e. The zero-order valence-corrected chi connectivity index (χ0v) is 26.8. The number of hydrogen-bond donors (Lipinski definition) is 0. The molecule has 2 aliphatic rings. The Morgan fingerprint density at radius 3 is 2.02 bits per heavy atom. The molecular weight excluding hydrogens is 611 g/mol. The van der Waals surface area contributed by atoms with Crippen LogP contribution in [0.15, 0.2) is 157 Å². The zero-order valence-electron chi connectivity index (χ0n) is 26.8. The Morgan fingerprint density at radius 2 is 1.26 bits per heavy atom. The molecule has 5 nitrogen and oxygen atoms in total. The van der Waals surface area contributed by atoms with Crippen LogP contribution in [0, 0.1) is 34.0 Å². The lowest BCUT2D eigenvalue weighted by atomic mass is 9.88. The summed E-state index contributed by atoms with van der Waals surface area (Å²) in [5.41, 5.74) is 12.0. The van der Waals surface area contributed by atoms with Gasteiger partial charge in [-0.15, -0.1) is 0 Å². The van der Waals surface area contributed by atoms with E-state index in [1.807, 2.05) is 54.6 Å². The molecule has 0 fully saturated rings. The van der Waals surface area contributed by atoms with Gasteiger partial charge < -0.3 is 9.47 Å². The normalized spacial score (nSPS) is 15.9. The van der Waals surface area contributed by atoms with Gasteiger partial charge in [-0.2, -0.15) is 15.8 Å². The second-order valence-electron chi connectivity index (χ2n) is 12.7. The quantitative estimate of drug-likeness (QED) is 0.192. The SMILES string of the molecule is N#CC1=CC2c3ccccc3N(c3cc(-c4cccc(-c5ccc(C#N)cc5-n5c6ccccc6c6ccccc65)c4)ccc3C#N)C2C=C1. The van der Waals surface area contributed by atoms with E-state index in [1.54, 1.807) is 0 Å². The minimum Gasteiger partial charge on any atom is -0.332 e. The lowest BCUT2D eigenvalue weighted by Crippen LogP contribution is -2.29. The summed E-state index contributed by atoms with van der Waals surface area (Å²) in [7, 11) is 0. The van der Waals surface area contributed by atoms with E-state index in [9.17, 15) is 15.8 Å². The van der Waals surface area contributed by atoms with Gasteiger partial charge in [-0.1, -0.05) is 97.1 Å². The Hall–Kier alpha value is -7.13. The maximum Gasteiger partial charge on any atom is 0.101 e. The topological polar surface area (TPSA) is 79.5 Å². The number of hydrogen-bond acceptors (Lipinski definition) is 4. The molecule has 1 aromatic heterocycles. The predicted molar refractivity (Wildman–Crippen MR) is 199 cm³/mol. The van der Waals surface area contributed by atoms with Crippen LogP contribution in [0.3, 0.4) is 0 Å². The molecule has 0 saturated carbocycles. The van der Waals surface area contributed by atoms with Crippen LogP contribution in [0.2, 0.25) is 0 Å². The van der Waals surface area contributed by atoms with Crippen molar-refractivity contribution in [3.8, 4) is 46.1 Å². The monoisotopic (exact) mass is 637 g/mol. The third-order valence-electron chi connectivity index (χ3n) is 10.0. The van der Waals surface area contributed by atoms with Gasteiger partial charge >= 0.3 is 0 Å². The number of allylic oxidation sites excluding steroid dienone is 2. The average Bonchev–Trinajstić information content (AvgIpc) is 3.70. The summed E-state index contributed by atoms with van der Waals surface area (Å²) < 4.78 is 2.26. The molecule has 0 amide bonds. The fourth-order valence-corrected chi connectivity index (χ4v) is 7.79. The van der Waals surface area contributed by atoms with Crippen molar-refractivity contribution in [2.24, 2.45) is 0 Å². The number of para-hydroxylation sites is 3. The van der Waals surface area contributed by atoms with E-state index in [4.69, 9.17) is 0 Å². The summed E-state index contributed by atoms with van der Waals surface area (Å²) in [6, 6.07) is 52.5. The van der Waals surface area contributed by atoms with Gasteiger partial charge in [0.05, 0.1) is 51.7 Å². The highest BCUT2D eigenvalue weighted by atomic mass is 15.2. The van der Waals surface area contributed by atoms with Gasteiger partial charge in [0, 0.05) is 33.5 Å². The Labute approximate surface area is 289 Å². The standard InChI is InChI=1S/C45H27N5/c46-26-29-17-21-43-39(22-29)38-12-3-6-15-42(38)49(43)44-25-32(18-19-34(44)28-48)31-8-7-9-33(24-31)35-20-16-30(27-47)23-45(35)50-40-13-4-1-10-36(40)37-11-2-5-14-41(37)50/h1-25,39,43H. The van der Waals surface area contributed by atoms with Crippen molar-refractivity contribution in [3.63, 3.8) is 0 Å². The zero-order chi connectivity index (χ0) is 33.8. The molecule has 232 valence electrons. The first-order valence-corrected chi connectivity index (χ1v) is 16.5. The van der Waals surface area contributed by atoms with Crippen LogP contribution in [-0.4, -0.2) is 10.6 Å². The van der Waals surface area contributed by atoms with Crippen molar-refractivity contribution in [3.05, 3.63) is 174 Å². The maximum absolute atomic E-state index is 10.3. The van der Waals surface area contributed by atoms with E-state index in [-0.39, 0.29) is 12.0 Å². The van der Waals surface area contributed by atoms with Gasteiger partial charge in [-0.3, -0.25) is 0 Å². The highest BCUT2D eigenvalue weighted by Crippen LogP contribution is 2.49. The molecule has 0 radical (unpaired) electrons. The van der Waals surface area contributed by atoms with Crippen molar-refractivity contribution in [2.75, 3.05) is 4.90 Å². The molecule has 2 heterocycles. The summed E-state index contributed by atoms with van der Waals surface area (Å²) in [6.45, 7) is 0. The summed E-state index contributed by atoms with van der Waals surface area (Å²) in [5, 5.41) is 32.2. The molecule has 7 aromatic rings. The van der Waals surface area contributed by atoms with E-state index in [2.05, 4.69) is 125 Å². The van der Waals surface area contributed by atoms with E-state index in [0.29, 0.717) is 16.7 Å². The first-order valence-electron chi connectivity index (χ1n) is 16.5. The lowest BCUT2D eigenvalue weighted by Gasteiger charge is -2.30. The highest BCUT2D eigenvalue weighted by Gasteiger charge is 2.39. The van der Waals surface area contributed by atoms with Gasteiger partial charge in [-0.25, -0.2) is 0 Å². The van der Waals surface area contributed by atoms with Crippen LogP contribution in [0.1, 0.15) is 22.6 Å². The van der Waals surface area contributed by atoms with Gasteiger partial charge in [0.15, 0.2) is 0 Å². The third-order valence-corrected chi connectivity index (χ3v) is 10.0. The largest absolute Gasteiger partial charge is 0.332 e. The van der Waals surface area contributed by atoms with Crippen LogP contribution >= 0.6 is 0 Å². The Morgan fingerprint density at radius 1 is 0.540 bits per heavy atom. The van der Waals surface area contributed by atoms with Crippen molar-refractivity contribution < 1.29 is 0 Å². The maximum atomic E-state index is 10.3. The second kappa shape index (κ2) is 11.5. The molecule has 0 spiro atoms. The highest BCUT2D eigenvalue weighted by molar-refractivity contribution is 6.09. The number of nitriles is 3. The number of nitrogens with zero attached hydrogens (tertiary/aromatic N) is 5. The summed E-state index contributed by atoms with van der Waals surface area (Å²) in [5.74, 6) is 0.0139. The number of anilines is 2. The summed E-state index contributed by atoms with van der Waals surface area (Å²) in [4.78, 5) is 2.24. The molecule has 9 rings (SSSR count). The molecule has 2 atom stereocenters. The van der Waals surface area contributed by atoms with Crippen molar-refractivity contribution in [2.45, 2.75) is 12.0 Å². The average molecular weight is 638 g/mol. The van der Waals surface area contributed by atoms with Crippen molar-refractivity contribution in [1.82, 2.24) is 4.57 Å². The Balaban J connectivity index is 1.19. The van der Waals surface area contributed by atoms with Gasteiger partial charge in [-0.05, 0) is 76.9 Å². The molecular formula is C45H27N5. The Kier molecular flexibility index (Phi) is 6.70. The van der Waals surface area contributed by atoms with E-state index < -0.39 is 0 Å².